The fourth-order valence-electron chi connectivity index (χ4n) is 4.78. The van der Waals surface area contributed by atoms with Gasteiger partial charge >= 0.3 is 6.03 Å². The van der Waals surface area contributed by atoms with Crippen molar-refractivity contribution in [3.05, 3.63) is 0 Å². The zero-order valence-corrected chi connectivity index (χ0v) is 17.4. The van der Waals surface area contributed by atoms with Gasteiger partial charge in [0.05, 0.1) is 13.2 Å². The maximum atomic E-state index is 13.0. The fourth-order valence-corrected chi connectivity index (χ4v) is 4.78. The lowest BCUT2D eigenvalue weighted by molar-refractivity contribution is -0.137. The summed E-state index contributed by atoms with van der Waals surface area (Å²) in [5.74, 6) is -0.101. The van der Waals surface area contributed by atoms with Gasteiger partial charge in [0.25, 0.3) is 5.91 Å². The van der Waals surface area contributed by atoms with Crippen LogP contribution in [0.2, 0.25) is 0 Å². The average molecular weight is 395 g/mol. The summed E-state index contributed by atoms with van der Waals surface area (Å²) >= 11 is 0. The van der Waals surface area contributed by atoms with Crippen LogP contribution in [0.5, 0.6) is 0 Å². The van der Waals surface area contributed by atoms with E-state index in [4.69, 9.17) is 4.74 Å². The van der Waals surface area contributed by atoms with Gasteiger partial charge in [-0.25, -0.2) is 4.79 Å². The molecule has 0 unspecified atom stereocenters. The summed E-state index contributed by atoms with van der Waals surface area (Å²) in [6, 6.07) is -0.138. The van der Waals surface area contributed by atoms with Crippen LogP contribution in [0.15, 0.2) is 0 Å². The number of imide groups is 1. The second-order valence-corrected chi connectivity index (χ2v) is 8.59. The zero-order valence-electron chi connectivity index (χ0n) is 17.4. The molecule has 1 atom stereocenters. The van der Waals surface area contributed by atoms with E-state index in [2.05, 4.69) is 24.1 Å². The molecule has 0 radical (unpaired) electrons. The predicted octanol–water partition coefficient (Wildman–Crippen LogP) is 1.06. The Morgan fingerprint density at radius 1 is 1.14 bits per heavy atom. The minimum absolute atomic E-state index is 0.197. The van der Waals surface area contributed by atoms with Gasteiger partial charge < -0.3 is 15.0 Å². The minimum atomic E-state index is -0.732. The Hall–Kier alpha value is -1.67. The first-order chi connectivity index (χ1) is 13.4. The Morgan fingerprint density at radius 3 is 2.39 bits per heavy atom. The van der Waals surface area contributed by atoms with Gasteiger partial charge in [0, 0.05) is 32.7 Å². The summed E-state index contributed by atoms with van der Waals surface area (Å²) < 4.78 is 5.42. The molecule has 4 amide bonds. The van der Waals surface area contributed by atoms with Gasteiger partial charge in [-0.15, -0.1) is 0 Å². The van der Waals surface area contributed by atoms with Crippen LogP contribution in [0.25, 0.3) is 0 Å². The Morgan fingerprint density at radius 2 is 1.79 bits per heavy atom. The maximum absolute atomic E-state index is 13.0. The van der Waals surface area contributed by atoms with Crippen LogP contribution in [-0.2, 0) is 14.3 Å². The first kappa shape index (κ1) is 21.0. The van der Waals surface area contributed by atoms with Crippen molar-refractivity contribution in [3.8, 4) is 0 Å². The third kappa shape index (κ3) is 4.03. The van der Waals surface area contributed by atoms with Crippen molar-refractivity contribution in [1.82, 2.24) is 20.0 Å². The van der Waals surface area contributed by atoms with Crippen LogP contribution in [0, 0.1) is 5.92 Å². The van der Waals surface area contributed by atoms with Gasteiger partial charge in [-0.05, 0) is 18.8 Å². The molecule has 28 heavy (non-hydrogen) atoms. The van der Waals surface area contributed by atoms with E-state index in [0.717, 1.165) is 37.3 Å². The first-order valence-corrected chi connectivity index (χ1v) is 10.5. The average Bonchev–Trinajstić information content (AvgIpc) is 2.86. The molecule has 2 saturated heterocycles. The predicted molar refractivity (Wildman–Crippen MR) is 105 cm³/mol. The van der Waals surface area contributed by atoms with E-state index >= 15 is 0 Å². The highest BCUT2D eigenvalue weighted by Gasteiger charge is 2.55. The van der Waals surface area contributed by atoms with Gasteiger partial charge in [-0.3, -0.25) is 19.4 Å². The monoisotopic (exact) mass is 394 g/mol. The quantitative estimate of drug-likeness (QED) is 0.681. The lowest BCUT2D eigenvalue weighted by Crippen LogP contribution is -2.52. The lowest BCUT2D eigenvalue weighted by atomic mass is 9.81. The summed E-state index contributed by atoms with van der Waals surface area (Å²) in [7, 11) is 1.69. The molecule has 8 nitrogen and oxygen atoms in total. The number of carbonyl (C=O) groups is 3. The van der Waals surface area contributed by atoms with E-state index in [9.17, 15) is 14.4 Å². The van der Waals surface area contributed by atoms with Crippen molar-refractivity contribution in [2.75, 3.05) is 46.4 Å². The highest BCUT2D eigenvalue weighted by Crippen LogP contribution is 2.39. The highest BCUT2D eigenvalue weighted by molar-refractivity contribution is 6.08. The number of hydrogen-bond donors (Lipinski definition) is 1. The van der Waals surface area contributed by atoms with Crippen molar-refractivity contribution in [2.45, 2.75) is 57.5 Å². The summed E-state index contributed by atoms with van der Waals surface area (Å²) in [5, 5.41) is 2.95. The molecule has 158 valence electrons. The molecule has 1 N–H and O–H groups in total. The number of urea groups is 1. The van der Waals surface area contributed by atoms with Crippen molar-refractivity contribution >= 4 is 17.8 Å². The van der Waals surface area contributed by atoms with Gasteiger partial charge in [0.1, 0.15) is 12.1 Å². The summed E-state index contributed by atoms with van der Waals surface area (Å²) in [5.41, 5.74) is -0.732. The molecule has 1 spiro atoms. The van der Waals surface area contributed by atoms with Crippen LogP contribution in [0.1, 0.15) is 46.0 Å². The number of nitrogens with one attached hydrogen (secondary N) is 1. The Bertz CT molecular complexity index is 597. The molecular weight excluding hydrogens is 360 g/mol. The van der Waals surface area contributed by atoms with E-state index in [0.29, 0.717) is 38.5 Å². The first-order valence-electron chi connectivity index (χ1n) is 10.5. The Balaban J connectivity index is 1.58. The van der Waals surface area contributed by atoms with Crippen LogP contribution in [-0.4, -0.2) is 90.6 Å². The molecule has 3 aliphatic rings. The molecule has 3 rings (SSSR count). The molecule has 0 bridgehead atoms. The van der Waals surface area contributed by atoms with Gasteiger partial charge in [-0.1, -0.05) is 33.1 Å². The zero-order chi connectivity index (χ0) is 20.3. The third-order valence-electron chi connectivity index (χ3n) is 6.58. The number of likely N-dealkylation sites (N-methyl/N-ethyl adjacent to an activating group) is 1. The molecule has 1 saturated carbocycles. The normalized spacial score (nSPS) is 24.3. The highest BCUT2D eigenvalue weighted by atomic mass is 16.5. The smallest absolute Gasteiger partial charge is 0.327 e. The second-order valence-electron chi connectivity index (χ2n) is 8.59. The number of hydrogen-bond acceptors (Lipinski definition) is 5. The Kier molecular flexibility index (Phi) is 6.60. The molecule has 3 fully saturated rings. The van der Waals surface area contributed by atoms with E-state index in [1.54, 1.807) is 11.9 Å². The molecule has 8 heteroatoms. The van der Waals surface area contributed by atoms with E-state index in [-0.39, 0.29) is 30.4 Å². The van der Waals surface area contributed by atoms with E-state index in [1.807, 2.05) is 0 Å². The number of rotatable bonds is 6. The van der Waals surface area contributed by atoms with Gasteiger partial charge in [-0.2, -0.15) is 0 Å². The van der Waals surface area contributed by atoms with Crippen LogP contribution in [0.4, 0.5) is 4.79 Å². The molecule has 1 aliphatic carbocycles. The van der Waals surface area contributed by atoms with Crippen LogP contribution < -0.4 is 5.32 Å². The largest absolute Gasteiger partial charge is 0.379 e. The Labute approximate surface area is 167 Å². The number of amides is 4. The summed E-state index contributed by atoms with van der Waals surface area (Å²) in [6.07, 6.45) is 4.37. The lowest BCUT2D eigenvalue weighted by Gasteiger charge is -2.37. The molecular formula is C20H34N4O4. The van der Waals surface area contributed by atoms with Crippen LogP contribution >= 0.6 is 0 Å². The standard InChI is InChI=1S/C20H34N4O4/c1-15(2)16(23-9-11-28-12-10-23)13-21-17(25)14-24-18(26)20(22(3)19(24)27)7-5-4-6-8-20/h15-16H,4-14H2,1-3H3,(H,21,25)/t16-/m0/s1. The molecule has 0 aromatic rings. The van der Waals surface area contributed by atoms with Crippen molar-refractivity contribution < 1.29 is 19.1 Å². The molecule has 0 aromatic carbocycles. The van der Waals surface area contributed by atoms with Crippen molar-refractivity contribution in [1.29, 1.82) is 0 Å². The van der Waals surface area contributed by atoms with Gasteiger partial charge in [0.2, 0.25) is 5.91 Å². The number of carbonyl (C=O) groups excluding carboxylic acids is 3. The topological polar surface area (TPSA) is 82.2 Å². The molecule has 0 aromatic heterocycles. The van der Waals surface area contributed by atoms with E-state index < -0.39 is 5.54 Å². The van der Waals surface area contributed by atoms with Crippen molar-refractivity contribution in [3.63, 3.8) is 0 Å². The maximum Gasteiger partial charge on any atom is 0.327 e. The van der Waals surface area contributed by atoms with E-state index in [1.165, 1.54) is 0 Å². The van der Waals surface area contributed by atoms with Crippen molar-refractivity contribution in [2.24, 2.45) is 5.92 Å². The minimum Gasteiger partial charge on any atom is -0.379 e. The SMILES string of the molecule is CC(C)[C@H](CNC(=O)CN1C(=O)N(C)C2(CCCCC2)C1=O)N1CCOCC1. The summed E-state index contributed by atoms with van der Waals surface area (Å²) in [4.78, 5) is 43.2. The van der Waals surface area contributed by atoms with Gasteiger partial charge in [0.15, 0.2) is 0 Å². The fraction of sp³-hybridized carbons (Fsp3) is 0.850. The number of morpholine rings is 1. The molecule has 2 heterocycles. The number of nitrogens with zero attached hydrogens (tertiary/aromatic N) is 3. The second kappa shape index (κ2) is 8.78. The summed E-state index contributed by atoms with van der Waals surface area (Å²) in [6.45, 7) is 7.73. The third-order valence-corrected chi connectivity index (χ3v) is 6.58. The molecule has 2 aliphatic heterocycles. The van der Waals surface area contributed by atoms with Crippen LogP contribution in [0.3, 0.4) is 0 Å². The number of ether oxygens (including phenoxy) is 1.